The second-order valence-electron chi connectivity index (χ2n) is 4.82. The minimum absolute atomic E-state index is 0.208. The summed E-state index contributed by atoms with van der Waals surface area (Å²) in [6.07, 6.45) is 2.32. The summed E-state index contributed by atoms with van der Waals surface area (Å²) in [5, 5.41) is 0. The van der Waals surface area contributed by atoms with Crippen molar-refractivity contribution in [2.45, 2.75) is 19.8 Å². The van der Waals surface area contributed by atoms with Crippen molar-refractivity contribution >= 4 is 38.8 Å². The molecule has 0 saturated carbocycles. The van der Waals surface area contributed by atoms with Gasteiger partial charge in [0.25, 0.3) is 0 Å². The van der Waals surface area contributed by atoms with Crippen molar-refractivity contribution in [3.63, 3.8) is 0 Å². The molecule has 0 bridgehead atoms. The fourth-order valence-corrected chi connectivity index (χ4v) is 3.23. The average molecular weight is 331 g/mol. The van der Waals surface area contributed by atoms with E-state index in [1.54, 1.807) is 12.1 Å². The van der Waals surface area contributed by atoms with Crippen LogP contribution in [0.1, 0.15) is 25.3 Å². The molecule has 98 valence electrons. The van der Waals surface area contributed by atoms with Crippen molar-refractivity contribution < 1.29 is 4.39 Å². The maximum Gasteiger partial charge on any atom is 0.161 e. The first-order chi connectivity index (χ1) is 8.50. The third-order valence-electron chi connectivity index (χ3n) is 3.33. The number of benzene rings is 1. The Morgan fingerprint density at radius 3 is 2.89 bits per heavy atom. The molecule has 2 nitrogen and oxygen atoms in total. The van der Waals surface area contributed by atoms with Crippen LogP contribution in [0.25, 0.3) is 0 Å². The molecule has 1 saturated heterocycles. The zero-order valence-corrected chi connectivity index (χ0v) is 12.7. The highest BCUT2D eigenvalue weighted by Gasteiger charge is 2.21. The Kier molecular flexibility index (Phi) is 4.22. The summed E-state index contributed by atoms with van der Waals surface area (Å²) < 4.78 is 14.7. The normalized spacial score (nSPS) is 19.9. The topological polar surface area (TPSA) is 29.3 Å². The fourth-order valence-electron chi connectivity index (χ4n) is 2.38. The Balaban J connectivity index is 2.34. The number of halogens is 2. The molecule has 1 aromatic rings. The van der Waals surface area contributed by atoms with Crippen LogP contribution >= 0.6 is 28.1 Å². The smallest absolute Gasteiger partial charge is 0.161 e. The van der Waals surface area contributed by atoms with Gasteiger partial charge < -0.3 is 10.6 Å². The van der Waals surface area contributed by atoms with Gasteiger partial charge in [0.2, 0.25) is 0 Å². The number of nitrogens with zero attached hydrogens (tertiary/aromatic N) is 1. The van der Waals surface area contributed by atoms with Crippen molar-refractivity contribution in [2.24, 2.45) is 11.7 Å². The molecule has 1 aliphatic rings. The second-order valence-corrected chi connectivity index (χ2v) is 6.05. The summed E-state index contributed by atoms with van der Waals surface area (Å²) in [5.74, 6) is 0.335. The molecule has 0 amide bonds. The van der Waals surface area contributed by atoms with Crippen molar-refractivity contribution in [3.8, 4) is 0 Å². The fraction of sp³-hybridized carbons (Fsp3) is 0.462. The molecule has 0 spiro atoms. The lowest BCUT2D eigenvalue weighted by Gasteiger charge is -2.33. The molecule has 2 N–H and O–H groups in total. The van der Waals surface area contributed by atoms with Crippen LogP contribution in [-0.4, -0.2) is 18.1 Å². The standard InChI is InChI=1S/C13H16BrFN2S/c1-8-3-2-6-17(7-8)10-5-4-9(13(16)18)11(14)12(10)15/h4-5,8H,2-3,6-7H2,1H3,(H2,16,18). The van der Waals surface area contributed by atoms with Crippen molar-refractivity contribution in [1.82, 2.24) is 0 Å². The van der Waals surface area contributed by atoms with Crippen molar-refractivity contribution in [1.29, 1.82) is 0 Å². The molecule has 0 radical (unpaired) electrons. The molecule has 1 aromatic carbocycles. The van der Waals surface area contributed by atoms with Gasteiger partial charge in [0.15, 0.2) is 5.82 Å². The summed E-state index contributed by atoms with van der Waals surface area (Å²) >= 11 is 8.14. The van der Waals surface area contributed by atoms with Gasteiger partial charge in [-0.05, 0) is 46.8 Å². The van der Waals surface area contributed by atoms with E-state index >= 15 is 0 Å². The highest BCUT2D eigenvalue weighted by atomic mass is 79.9. The van der Waals surface area contributed by atoms with Gasteiger partial charge in [-0.1, -0.05) is 19.1 Å². The van der Waals surface area contributed by atoms with Gasteiger partial charge in [0, 0.05) is 18.7 Å². The van der Waals surface area contributed by atoms with E-state index in [2.05, 4.69) is 27.8 Å². The average Bonchev–Trinajstić information content (AvgIpc) is 2.32. The lowest BCUT2D eigenvalue weighted by molar-refractivity contribution is 0.442. The predicted molar refractivity (Wildman–Crippen MR) is 80.6 cm³/mol. The Labute approximate surface area is 120 Å². The predicted octanol–water partition coefficient (Wildman–Crippen LogP) is 3.46. The molecule has 1 fully saturated rings. The van der Waals surface area contributed by atoms with Gasteiger partial charge in [-0.25, -0.2) is 4.39 Å². The van der Waals surface area contributed by atoms with Crippen LogP contribution in [0.2, 0.25) is 0 Å². The van der Waals surface area contributed by atoms with Crippen LogP contribution < -0.4 is 10.6 Å². The number of anilines is 1. The van der Waals surface area contributed by atoms with Gasteiger partial charge in [-0.2, -0.15) is 0 Å². The molecule has 5 heteroatoms. The Morgan fingerprint density at radius 2 is 2.28 bits per heavy atom. The summed E-state index contributed by atoms with van der Waals surface area (Å²) in [5.41, 5.74) is 6.74. The number of piperidine rings is 1. The van der Waals surface area contributed by atoms with Crippen LogP contribution in [0, 0.1) is 11.7 Å². The van der Waals surface area contributed by atoms with Gasteiger partial charge in [-0.15, -0.1) is 0 Å². The second kappa shape index (κ2) is 5.53. The zero-order valence-electron chi connectivity index (χ0n) is 10.2. The first-order valence-electron chi connectivity index (χ1n) is 6.03. The van der Waals surface area contributed by atoms with Crippen LogP contribution in [-0.2, 0) is 0 Å². The zero-order chi connectivity index (χ0) is 13.3. The lowest BCUT2D eigenvalue weighted by Crippen LogP contribution is -2.35. The Bertz CT molecular complexity index is 478. The first kappa shape index (κ1) is 13.7. The summed E-state index contributed by atoms with van der Waals surface area (Å²) in [6, 6.07) is 3.55. The largest absolute Gasteiger partial charge is 0.389 e. The summed E-state index contributed by atoms with van der Waals surface area (Å²) in [7, 11) is 0. The van der Waals surface area contributed by atoms with E-state index < -0.39 is 0 Å². The number of nitrogens with two attached hydrogens (primary N) is 1. The Hall–Kier alpha value is -0.680. The van der Waals surface area contributed by atoms with Crippen LogP contribution in [0.3, 0.4) is 0 Å². The van der Waals surface area contributed by atoms with Crippen molar-refractivity contribution in [3.05, 3.63) is 28.0 Å². The molecule has 2 rings (SSSR count). The van der Waals surface area contributed by atoms with Gasteiger partial charge >= 0.3 is 0 Å². The Morgan fingerprint density at radius 1 is 1.56 bits per heavy atom. The quantitative estimate of drug-likeness (QED) is 0.842. The van der Waals surface area contributed by atoms with Crippen LogP contribution in [0.15, 0.2) is 16.6 Å². The summed E-state index contributed by atoms with van der Waals surface area (Å²) in [4.78, 5) is 2.30. The van der Waals surface area contributed by atoms with Gasteiger partial charge in [0.1, 0.15) is 4.99 Å². The molecule has 1 heterocycles. The molecular formula is C13H16BrFN2S. The number of hydrogen-bond donors (Lipinski definition) is 1. The minimum atomic E-state index is -0.269. The highest BCUT2D eigenvalue weighted by molar-refractivity contribution is 9.10. The number of rotatable bonds is 2. The monoisotopic (exact) mass is 330 g/mol. The molecule has 1 aliphatic heterocycles. The van der Waals surface area contributed by atoms with Crippen LogP contribution in [0.4, 0.5) is 10.1 Å². The molecule has 1 unspecified atom stereocenters. The SMILES string of the molecule is CC1CCCN(c2ccc(C(N)=S)c(Br)c2F)C1. The number of thiocarbonyl (C=S) groups is 1. The summed E-state index contributed by atoms with van der Waals surface area (Å²) in [6.45, 7) is 4.00. The molecule has 1 atom stereocenters. The third-order valence-corrected chi connectivity index (χ3v) is 4.32. The van der Waals surface area contributed by atoms with E-state index in [-0.39, 0.29) is 10.8 Å². The first-order valence-corrected chi connectivity index (χ1v) is 7.23. The van der Waals surface area contributed by atoms with Crippen molar-refractivity contribution in [2.75, 3.05) is 18.0 Å². The lowest BCUT2D eigenvalue weighted by atomic mass is 9.99. The van der Waals surface area contributed by atoms with E-state index in [1.165, 1.54) is 6.42 Å². The van der Waals surface area contributed by atoms with E-state index in [4.69, 9.17) is 18.0 Å². The van der Waals surface area contributed by atoms with E-state index in [1.807, 2.05) is 0 Å². The van der Waals surface area contributed by atoms with Gasteiger partial charge in [-0.3, -0.25) is 0 Å². The van der Waals surface area contributed by atoms with Crippen LogP contribution in [0.5, 0.6) is 0 Å². The van der Waals surface area contributed by atoms with Gasteiger partial charge in [0.05, 0.1) is 10.2 Å². The molecule has 0 aliphatic carbocycles. The minimum Gasteiger partial charge on any atom is -0.389 e. The highest BCUT2D eigenvalue weighted by Crippen LogP contribution is 2.31. The van der Waals surface area contributed by atoms with E-state index in [0.29, 0.717) is 21.6 Å². The maximum absolute atomic E-state index is 14.3. The third kappa shape index (κ3) is 2.67. The maximum atomic E-state index is 14.3. The van der Waals surface area contributed by atoms with E-state index in [0.717, 1.165) is 19.5 Å². The molecular weight excluding hydrogens is 315 g/mol. The van der Waals surface area contributed by atoms with E-state index in [9.17, 15) is 4.39 Å². The number of hydrogen-bond acceptors (Lipinski definition) is 2. The molecule has 0 aromatic heterocycles. The molecule has 18 heavy (non-hydrogen) atoms.